The van der Waals surface area contributed by atoms with E-state index in [1.165, 1.54) is 11.1 Å². The summed E-state index contributed by atoms with van der Waals surface area (Å²) in [6.07, 6.45) is 3.64. The smallest absolute Gasteiger partial charge is 0.407 e. The molecule has 0 aromatic heterocycles. The van der Waals surface area contributed by atoms with Crippen LogP contribution in [0.2, 0.25) is 0 Å². The Hall–Kier alpha value is -3.35. The van der Waals surface area contributed by atoms with Gasteiger partial charge in [0, 0.05) is 18.9 Å². The fraction of sp³-hybridized carbons (Fsp3) is 0.444. The number of carboxylic acids is 1. The van der Waals surface area contributed by atoms with Crippen molar-refractivity contribution in [1.29, 1.82) is 0 Å². The predicted molar refractivity (Wildman–Crippen MR) is 126 cm³/mol. The van der Waals surface area contributed by atoms with E-state index >= 15 is 0 Å². The molecule has 2 fully saturated rings. The highest BCUT2D eigenvalue weighted by Crippen LogP contribution is 2.44. The van der Waals surface area contributed by atoms with Crippen molar-refractivity contribution in [2.45, 2.75) is 50.0 Å². The normalized spacial score (nSPS) is 21.9. The van der Waals surface area contributed by atoms with E-state index in [2.05, 4.69) is 34.9 Å². The maximum atomic E-state index is 12.8. The number of amides is 2. The molecule has 3 N–H and O–H groups in total. The first kappa shape index (κ1) is 22.4. The van der Waals surface area contributed by atoms with Crippen LogP contribution in [0.25, 0.3) is 11.1 Å². The SMILES string of the molecule is O=C(CC1(NC(=O)OCC2c3ccccc3-c3ccccc32)CCCC1)NC[C@H]1C[C@H]1C(=O)O. The lowest BCUT2D eigenvalue weighted by molar-refractivity contribution is -0.139. The van der Waals surface area contributed by atoms with Crippen molar-refractivity contribution in [3.8, 4) is 11.1 Å². The van der Waals surface area contributed by atoms with Crippen molar-refractivity contribution in [1.82, 2.24) is 10.6 Å². The molecule has 3 aliphatic carbocycles. The van der Waals surface area contributed by atoms with Crippen LogP contribution in [0, 0.1) is 11.8 Å². The van der Waals surface area contributed by atoms with Gasteiger partial charge in [0.05, 0.1) is 11.5 Å². The topological polar surface area (TPSA) is 105 Å². The van der Waals surface area contributed by atoms with Gasteiger partial charge in [-0.3, -0.25) is 9.59 Å². The minimum atomic E-state index is -0.802. The molecule has 0 aliphatic heterocycles. The fourth-order valence-electron chi connectivity index (χ4n) is 5.64. The lowest BCUT2D eigenvalue weighted by atomic mass is 9.93. The Morgan fingerprint density at radius 1 is 0.971 bits per heavy atom. The molecule has 0 saturated heterocycles. The summed E-state index contributed by atoms with van der Waals surface area (Å²) in [5.41, 5.74) is 4.06. The third-order valence-electron chi connectivity index (χ3n) is 7.57. The van der Waals surface area contributed by atoms with Crippen LogP contribution in [0.5, 0.6) is 0 Å². The molecule has 2 saturated carbocycles. The van der Waals surface area contributed by atoms with Crippen LogP contribution in [0.3, 0.4) is 0 Å². The number of hydrogen-bond acceptors (Lipinski definition) is 4. The average Bonchev–Trinajstić information content (AvgIpc) is 3.38. The second-order valence-corrected chi connectivity index (χ2v) is 9.86. The van der Waals surface area contributed by atoms with Gasteiger partial charge in [-0.2, -0.15) is 0 Å². The summed E-state index contributed by atoms with van der Waals surface area (Å²) in [6.45, 7) is 0.608. The quantitative estimate of drug-likeness (QED) is 0.549. The minimum absolute atomic E-state index is 0.0102. The fourth-order valence-corrected chi connectivity index (χ4v) is 5.64. The monoisotopic (exact) mass is 462 g/mol. The number of benzene rings is 2. The predicted octanol–water partition coefficient (Wildman–Crippen LogP) is 4.06. The Kier molecular flexibility index (Phi) is 6.02. The number of aliphatic carboxylic acids is 1. The average molecular weight is 463 g/mol. The standard InChI is InChI=1S/C27H30N2O5/c30-24(28-15-17-13-22(17)25(31)32)14-27(11-5-6-12-27)29-26(33)34-16-23-20-9-3-1-7-18(20)19-8-2-4-10-21(19)23/h1-4,7-10,17,22-23H,5-6,11-16H2,(H,28,30)(H,29,33)(H,31,32)/t17-,22-/m1/s1. The number of nitrogens with one attached hydrogen (secondary N) is 2. The Balaban J connectivity index is 1.18. The van der Waals surface area contributed by atoms with Crippen molar-refractivity contribution < 1.29 is 24.2 Å². The number of carbonyl (C=O) groups is 3. The van der Waals surface area contributed by atoms with Gasteiger partial charge in [-0.25, -0.2) is 4.79 Å². The number of ether oxygens (including phenoxy) is 1. The van der Waals surface area contributed by atoms with Crippen molar-refractivity contribution in [2.24, 2.45) is 11.8 Å². The van der Waals surface area contributed by atoms with Gasteiger partial charge in [-0.05, 0) is 47.4 Å². The van der Waals surface area contributed by atoms with Gasteiger partial charge in [0.2, 0.25) is 5.91 Å². The number of carboxylic acid groups (broad SMARTS) is 1. The second-order valence-electron chi connectivity index (χ2n) is 9.86. The molecular weight excluding hydrogens is 432 g/mol. The zero-order valence-electron chi connectivity index (χ0n) is 19.1. The summed E-state index contributed by atoms with van der Waals surface area (Å²) in [5, 5.41) is 14.9. The van der Waals surface area contributed by atoms with Crippen molar-refractivity contribution >= 4 is 18.0 Å². The van der Waals surface area contributed by atoms with Crippen LogP contribution < -0.4 is 10.6 Å². The van der Waals surface area contributed by atoms with Crippen LogP contribution in [-0.2, 0) is 14.3 Å². The van der Waals surface area contributed by atoms with E-state index in [1.807, 2.05) is 24.3 Å². The molecule has 3 aliphatic rings. The first-order chi connectivity index (χ1) is 16.5. The molecule has 2 aromatic carbocycles. The van der Waals surface area contributed by atoms with E-state index < -0.39 is 17.6 Å². The molecule has 34 heavy (non-hydrogen) atoms. The van der Waals surface area contributed by atoms with Gasteiger partial charge in [0.1, 0.15) is 6.61 Å². The van der Waals surface area contributed by atoms with E-state index in [4.69, 9.17) is 9.84 Å². The van der Waals surface area contributed by atoms with E-state index in [-0.39, 0.29) is 36.7 Å². The van der Waals surface area contributed by atoms with Crippen molar-refractivity contribution in [2.75, 3.05) is 13.2 Å². The van der Waals surface area contributed by atoms with Crippen LogP contribution in [0.15, 0.2) is 48.5 Å². The number of alkyl carbamates (subject to hydrolysis) is 1. The van der Waals surface area contributed by atoms with Gasteiger partial charge in [-0.15, -0.1) is 0 Å². The molecule has 178 valence electrons. The number of rotatable bonds is 8. The molecule has 2 aromatic rings. The Morgan fingerprint density at radius 2 is 1.59 bits per heavy atom. The van der Waals surface area contributed by atoms with E-state index in [0.717, 1.165) is 36.8 Å². The molecule has 0 spiro atoms. The maximum absolute atomic E-state index is 12.8. The molecule has 0 bridgehead atoms. The molecule has 0 radical (unpaired) electrons. The van der Waals surface area contributed by atoms with Crippen LogP contribution in [-0.4, -0.2) is 41.8 Å². The third kappa shape index (κ3) is 4.52. The highest BCUT2D eigenvalue weighted by Gasteiger charge is 2.44. The van der Waals surface area contributed by atoms with Gasteiger partial charge in [0.15, 0.2) is 0 Å². The summed E-state index contributed by atoms with van der Waals surface area (Å²) in [5.74, 6) is -1.31. The third-order valence-corrected chi connectivity index (χ3v) is 7.57. The molecule has 5 rings (SSSR count). The van der Waals surface area contributed by atoms with Gasteiger partial charge in [-0.1, -0.05) is 61.4 Å². The molecular formula is C27H30N2O5. The zero-order chi connectivity index (χ0) is 23.7. The number of carbonyl (C=O) groups excluding carboxylic acids is 2. The lowest BCUT2D eigenvalue weighted by Crippen LogP contribution is -2.50. The second kappa shape index (κ2) is 9.12. The summed E-state index contributed by atoms with van der Waals surface area (Å²) in [4.78, 5) is 36.4. The first-order valence-electron chi connectivity index (χ1n) is 12.1. The van der Waals surface area contributed by atoms with Crippen molar-refractivity contribution in [3.05, 3.63) is 59.7 Å². The molecule has 0 heterocycles. The van der Waals surface area contributed by atoms with Crippen LogP contribution in [0.4, 0.5) is 4.79 Å². The van der Waals surface area contributed by atoms with Crippen molar-refractivity contribution in [3.63, 3.8) is 0 Å². The van der Waals surface area contributed by atoms with Gasteiger partial charge >= 0.3 is 12.1 Å². The first-order valence-corrected chi connectivity index (χ1v) is 12.1. The molecule has 7 nitrogen and oxygen atoms in total. The largest absolute Gasteiger partial charge is 0.481 e. The van der Waals surface area contributed by atoms with Gasteiger partial charge in [0.25, 0.3) is 0 Å². The highest BCUT2D eigenvalue weighted by atomic mass is 16.5. The van der Waals surface area contributed by atoms with Gasteiger partial charge < -0.3 is 20.5 Å². The lowest BCUT2D eigenvalue weighted by Gasteiger charge is -2.29. The summed E-state index contributed by atoms with van der Waals surface area (Å²) < 4.78 is 5.71. The molecule has 2 atom stereocenters. The summed E-state index contributed by atoms with van der Waals surface area (Å²) >= 11 is 0. The Labute approximate surface area is 198 Å². The minimum Gasteiger partial charge on any atom is -0.481 e. The summed E-state index contributed by atoms with van der Waals surface area (Å²) in [6, 6.07) is 16.4. The number of hydrogen-bond donors (Lipinski definition) is 3. The molecule has 2 amide bonds. The van der Waals surface area contributed by atoms with Crippen LogP contribution >= 0.6 is 0 Å². The molecule has 0 unspecified atom stereocenters. The van der Waals surface area contributed by atoms with E-state index in [9.17, 15) is 14.4 Å². The van der Waals surface area contributed by atoms with Crippen LogP contribution in [0.1, 0.15) is 55.6 Å². The van der Waals surface area contributed by atoms with E-state index in [1.54, 1.807) is 0 Å². The summed E-state index contributed by atoms with van der Waals surface area (Å²) in [7, 11) is 0. The highest BCUT2D eigenvalue weighted by molar-refractivity contribution is 5.80. The Morgan fingerprint density at radius 3 is 2.18 bits per heavy atom. The number of fused-ring (bicyclic) bond motifs is 3. The Bertz CT molecular complexity index is 1060. The maximum Gasteiger partial charge on any atom is 0.407 e. The zero-order valence-corrected chi connectivity index (χ0v) is 19.1. The molecule has 7 heteroatoms. The van der Waals surface area contributed by atoms with E-state index in [0.29, 0.717) is 13.0 Å².